The van der Waals surface area contributed by atoms with Gasteiger partial charge in [-0.15, -0.1) is 11.3 Å². The lowest BCUT2D eigenvalue weighted by atomic mass is 10.1. The van der Waals surface area contributed by atoms with E-state index in [-0.39, 0.29) is 23.5 Å². The number of anilines is 2. The molecule has 10 heteroatoms. The zero-order valence-electron chi connectivity index (χ0n) is 19.6. The van der Waals surface area contributed by atoms with Crippen LogP contribution in [0.1, 0.15) is 28.1 Å². The number of sulfonamides is 1. The molecular weight excluding hydrogens is 489 g/mol. The van der Waals surface area contributed by atoms with Gasteiger partial charge in [0.15, 0.2) is 0 Å². The van der Waals surface area contributed by atoms with Gasteiger partial charge >= 0.3 is 0 Å². The Kier molecular flexibility index (Phi) is 7.73. The number of hydrogen-bond donors (Lipinski definition) is 1. The van der Waals surface area contributed by atoms with Gasteiger partial charge in [0.1, 0.15) is 5.82 Å². The molecule has 35 heavy (non-hydrogen) atoms. The molecule has 1 unspecified atom stereocenters. The normalized spacial score (nSPS) is 15.7. The van der Waals surface area contributed by atoms with Crippen LogP contribution in [0.15, 0.2) is 64.9 Å². The van der Waals surface area contributed by atoms with Crippen molar-refractivity contribution >= 4 is 38.6 Å². The Morgan fingerprint density at radius 1 is 1.17 bits per heavy atom. The quantitative estimate of drug-likeness (QED) is 0.450. The number of nitrogens with zero attached hydrogens (tertiary/aromatic N) is 2. The van der Waals surface area contributed by atoms with Crippen molar-refractivity contribution in [3.05, 3.63) is 76.2 Å². The van der Waals surface area contributed by atoms with Crippen LogP contribution in [0.2, 0.25) is 0 Å². The average molecular weight is 518 g/mol. The van der Waals surface area contributed by atoms with Crippen molar-refractivity contribution in [1.82, 2.24) is 4.90 Å². The molecule has 0 bridgehead atoms. The van der Waals surface area contributed by atoms with E-state index in [9.17, 15) is 17.6 Å². The first-order chi connectivity index (χ1) is 16.7. The summed E-state index contributed by atoms with van der Waals surface area (Å²) in [6.07, 6.45) is 1.84. The molecule has 2 aromatic carbocycles. The Morgan fingerprint density at radius 3 is 2.57 bits per heavy atom. The van der Waals surface area contributed by atoms with Crippen LogP contribution in [-0.2, 0) is 21.3 Å². The zero-order chi connectivity index (χ0) is 25.0. The minimum Gasteiger partial charge on any atom is -0.377 e. The van der Waals surface area contributed by atoms with E-state index in [4.69, 9.17) is 4.74 Å². The first-order valence-electron chi connectivity index (χ1n) is 11.3. The third-order valence-corrected chi connectivity index (χ3v) is 8.02. The fraction of sp³-hybridized carbons (Fsp3) is 0.320. The van der Waals surface area contributed by atoms with Gasteiger partial charge < -0.3 is 14.5 Å². The van der Waals surface area contributed by atoms with Crippen molar-refractivity contribution in [1.29, 1.82) is 0 Å². The molecule has 1 N–H and O–H groups in total. The molecule has 186 valence electrons. The van der Waals surface area contributed by atoms with Gasteiger partial charge in [-0.05, 0) is 72.3 Å². The van der Waals surface area contributed by atoms with Crippen molar-refractivity contribution in [2.24, 2.45) is 0 Å². The summed E-state index contributed by atoms with van der Waals surface area (Å²) in [4.78, 5) is 17.6. The van der Waals surface area contributed by atoms with E-state index < -0.39 is 15.8 Å². The Bertz CT molecular complexity index is 1260. The molecule has 1 fully saturated rings. The SMILES string of the molecule is CN(C)c1ccc(NS(=O)(=O)c2ccc(F)cc2)cc1CN(CC1CCCO1)C(=O)c1cccs1. The van der Waals surface area contributed by atoms with Gasteiger partial charge in [0, 0.05) is 45.2 Å². The molecule has 0 saturated carbocycles. The number of carbonyl (C=O) groups excluding carboxylic acids is 1. The molecule has 1 saturated heterocycles. The number of hydrogen-bond acceptors (Lipinski definition) is 6. The summed E-state index contributed by atoms with van der Waals surface area (Å²) in [5.74, 6) is -0.596. The van der Waals surface area contributed by atoms with Crippen LogP contribution in [0, 0.1) is 5.82 Å². The zero-order valence-corrected chi connectivity index (χ0v) is 21.2. The molecule has 4 rings (SSSR count). The number of amides is 1. The molecular formula is C25H28FN3O4S2. The van der Waals surface area contributed by atoms with Gasteiger partial charge in [-0.1, -0.05) is 6.07 Å². The van der Waals surface area contributed by atoms with E-state index >= 15 is 0 Å². The molecule has 1 amide bonds. The van der Waals surface area contributed by atoms with Gasteiger partial charge in [0.2, 0.25) is 0 Å². The number of benzene rings is 2. The van der Waals surface area contributed by atoms with Gasteiger partial charge in [0.05, 0.1) is 15.9 Å². The Hall–Kier alpha value is -2.95. The minimum atomic E-state index is -3.91. The summed E-state index contributed by atoms with van der Waals surface area (Å²) >= 11 is 1.39. The first kappa shape index (κ1) is 25.2. The lowest BCUT2D eigenvalue weighted by Gasteiger charge is -2.28. The smallest absolute Gasteiger partial charge is 0.264 e. The summed E-state index contributed by atoms with van der Waals surface area (Å²) < 4.78 is 47.3. The maximum absolute atomic E-state index is 13.3. The molecule has 7 nitrogen and oxygen atoms in total. The molecule has 1 aliphatic rings. The van der Waals surface area contributed by atoms with Crippen LogP contribution >= 0.6 is 11.3 Å². The minimum absolute atomic E-state index is 0.0260. The molecule has 0 aliphatic carbocycles. The third kappa shape index (κ3) is 6.19. The fourth-order valence-electron chi connectivity index (χ4n) is 4.05. The number of rotatable bonds is 9. The third-order valence-electron chi connectivity index (χ3n) is 5.77. The van der Waals surface area contributed by atoms with Crippen molar-refractivity contribution in [3.8, 4) is 0 Å². The second-order valence-corrected chi connectivity index (χ2v) is 11.2. The van der Waals surface area contributed by atoms with E-state index in [1.54, 1.807) is 23.1 Å². The van der Waals surface area contributed by atoms with Crippen LogP contribution in [0.5, 0.6) is 0 Å². The molecule has 0 radical (unpaired) electrons. The van der Waals surface area contributed by atoms with Gasteiger partial charge in [-0.3, -0.25) is 9.52 Å². The van der Waals surface area contributed by atoms with Crippen LogP contribution < -0.4 is 9.62 Å². The lowest BCUT2D eigenvalue weighted by Crippen LogP contribution is -2.37. The lowest BCUT2D eigenvalue weighted by molar-refractivity contribution is 0.0511. The first-order valence-corrected chi connectivity index (χ1v) is 13.6. The second-order valence-electron chi connectivity index (χ2n) is 8.60. The highest BCUT2D eigenvalue weighted by atomic mass is 32.2. The van der Waals surface area contributed by atoms with E-state index in [1.807, 2.05) is 36.5 Å². The predicted octanol–water partition coefficient (Wildman–Crippen LogP) is 4.58. The molecule has 2 heterocycles. The molecule has 1 aromatic heterocycles. The van der Waals surface area contributed by atoms with Crippen LogP contribution in [0.3, 0.4) is 0 Å². The highest BCUT2D eigenvalue weighted by Gasteiger charge is 2.25. The summed E-state index contributed by atoms with van der Waals surface area (Å²) in [6.45, 7) is 1.43. The van der Waals surface area contributed by atoms with E-state index in [1.165, 1.54) is 23.5 Å². The largest absolute Gasteiger partial charge is 0.377 e. The predicted molar refractivity (Wildman–Crippen MR) is 136 cm³/mol. The monoisotopic (exact) mass is 517 g/mol. The topological polar surface area (TPSA) is 79.0 Å². The summed E-state index contributed by atoms with van der Waals surface area (Å²) in [5.41, 5.74) is 2.01. The summed E-state index contributed by atoms with van der Waals surface area (Å²) in [6, 6.07) is 13.5. The van der Waals surface area contributed by atoms with E-state index in [2.05, 4.69) is 4.72 Å². The second kappa shape index (κ2) is 10.8. The average Bonchev–Trinajstić information content (AvgIpc) is 3.53. The van der Waals surface area contributed by atoms with Crippen molar-refractivity contribution in [3.63, 3.8) is 0 Å². The Labute approximate surface area is 209 Å². The molecule has 0 spiro atoms. The van der Waals surface area contributed by atoms with Gasteiger partial charge in [-0.25, -0.2) is 12.8 Å². The number of ether oxygens (including phenoxy) is 1. The molecule has 1 atom stereocenters. The standard InChI is InChI=1S/C25H28FN3O4S2/c1-28(2)23-12-9-20(27-35(31,32)22-10-7-19(26)8-11-22)15-18(23)16-29(17-21-5-3-13-33-21)25(30)24-6-4-14-34-24/h4,6-12,14-15,21,27H,3,5,13,16-17H2,1-2H3. The fourth-order valence-corrected chi connectivity index (χ4v) is 5.80. The van der Waals surface area contributed by atoms with Crippen molar-refractivity contribution < 1.29 is 22.3 Å². The number of carbonyl (C=O) groups is 1. The maximum atomic E-state index is 13.3. The highest BCUT2D eigenvalue weighted by Crippen LogP contribution is 2.28. The van der Waals surface area contributed by atoms with Crippen molar-refractivity contribution in [2.45, 2.75) is 30.4 Å². The Balaban J connectivity index is 1.63. The van der Waals surface area contributed by atoms with Crippen LogP contribution in [0.4, 0.5) is 15.8 Å². The number of thiophene rings is 1. The number of halogens is 1. The number of nitrogens with one attached hydrogen (secondary N) is 1. The molecule has 3 aromatic rings. The summed E-state index contributed by atoms with van der Waals surface area (Å²) in [5, 5.41) is 1.87. The van der Waals surface area contributed by atoms with Crippen LogP contribution in [0.25, 0.3) is 0 Å². The van der Waals surface area contributed by atoms with Gasteiger partial charge in [-0.2, -0.15) is 0 Å². The molecule has 1 aliphatic heterocycles. The van der Waals surface area contributed by atoms with E-state index in [0.717, 1.165) is 36.2 Å². The maximum Gasteiger partial charge on any atom is 0.264 e. The summed E-state index contributed by atoms with van der Waals surface area (Å²) in [7, 11) is -0.117. The Morgan fingerprint density at radius 2 is 1.94 bits per heavy atom. The van der Waals surface area contributed by atoms with Crippen molar-refractivity contribution in [2.75, 3.05) is 36.9 Å². The van der Waals surface area contributed by atoms with Crippen LogP contribution in [-0.4, -0.2) is 52.6 Å². The van der Waals surface area contributed by atoms with Gasteiger partial charge in [0.25, 0.3) is 15.9 Å². The van der Waals surface area contributed by atoms with E-state index in [0.29, 0.717) is 23.7 Å². The highest BCUT2D eigenvalue weighted by molar-refractivity contribution is 7.92.